The maximum Gasteiger partial charge on any atom is 0.222 e. The summed E-state index contributed by atoms with van der Waals surface area (Å²) < 4.78 is 1.99. The van der Waals surface area contributed by atoms with Crippen LogP contribution < -0.4 is 5.32 Å². The molecule has 0 aliphatic heterocycles. The standard InChI is InChI=1S/C16H30N4O/c1-6-13(15(21)17-5)8-7-11-20-14(12-18-19-20)9-10-16(2,3)4/h12-13H,6-11H2,1-5H3,(H,17,21). The van der Waals surface area contributed by atoms with Crippen LogP contribution in [0.2, 0.25) is 0 Å². The Kier molecular flexibility index (Phi) is 6.85. The van der Waals surface area contributed by atoms with Crippen LogP contribution in [0.4, 0.5) is 0 Å². The van der Waals surface area contributed by atoms with Crippen LogP contribution in [0.25, 0.3) is 0 Å². The zero-order valence-electron chi connectivity index (χ0n) is 14.1. The summed E-state index contributed by atoms with van der Waals surface area (Å²) >= 11 is 0. The SMILES string of the molecule is CCC(CCCn1nncc1CCC(C)(C)C)C(=O)NC. The number of hydrogen-bond acceptors (Lipinski definition) is 3. The van der Waals surface area contributed by atoms with Crippen molar-refractivity contribution in [1.29, 1.82) is 0 Å². The Hall–Kier alpha value is -1.39. The summed E-state index contributed by atoms with van der Waals surface area (Å²) in [6.07, 6.45) is 6.72. The molecule has 0 radical (unpaired) electrons. The Morgan fingerprint density at radius 2 is 2.14 bits per heavy atom. The Morgan fingerprint density at radius 1 is 1.43 bits per heavy atom. The van der Waals surface area contributed by atoms with Crippen molar-refractivity contribution < 1.29 is 4.79 Å². The molecule has 5 nitrogen and oxygen atoms in total. The number of amides is 1. The van der Waals surface area contributed by atoms with Crippen molar-refractivity contribution in [2.24, 2.45) is 11.3 Å². The quantitative estimate of drug-likeness (QED) is 0.802. The maximum atomic E-state index is 11.7. The number of carbonyl (C=O) groups excluding carboxylic acids is 1. The van der Waals surface area contributed by atoms with Crippen LogP contribution in [0.1, 0.15) is 59.1 Å². The highest BCUT2D eigenvalue weighted by Crippen LogP contribution is 2.21. The molecule has 0 aromatic carbocycles. The van der Waals surface area contributed by atoms with Gasteiger partial charge in [0.2, 0.25) is 5.91 Å². The Labute approximate surface area is 128 Å². The van der Waals surface area contributed by atoms with E-state index in [4.69, 9.17) is 0 Å². The van der Waals surface area contributed by atoms with Gasteiger partial charge in [-0.05, 0) is 37.5 Å². The first-order valence-corrected chi connectivity index (χ1v) is 7.96. The van der Waals surface area contributed by atoms with Gasteiger partial charge in [0.25, 0.3) is 0 Å². The lowest BCUT2D eigenvalue weighted by Crippen LogP contribution is -2.27. The van der Waals surface area contributed by atoms with Gasteiger partial charge >= 0.3 is 0 Å². The molecule has 0 spiro atoms. The van der Waals surface area contributed by atoms with Crippen LogP contribution >= 0.6 is 0 Å². The second kappa shape index (κ2) is 8.15. The van der Waals surface area contributed by atoms with Gasteiger partial charge in [-0.3, -0.25) is 4.79 Å². The molecule has 0 aliphatic carbocycles. The Balaban J connectivity index is 2.45. The number of nitrogens with zero attached hydrogens (tertiary/aromatic N) is 3. The number of carbonyl (C=O) groups is 1. The molecule has 0 saturated carbocycles. The summed E-state index contributed by atoms with van der Waals surface area (Å²) in [7, 11) is 1.70. The third-order valence-corrected chi connectivity index (χ3v) is 3.86. The largest absolute Gasteiger partial charge is 0.359 e. The van der Waals surface area contributed by atoms with Crippen molar-refractivity contribution in [2.45, 2.75) is 66.3 Å². The van der Waals surface area contributed by atoms with E-state index < -0.39 is 0 Å². The fourth-order valence-corrected chi connectivity index (χ4v) is 2.38. The number of rotatable bonds is 8. The van der Waals surface area contributed by atoms with Crippen molar-refractivity contribution in [3.05, 3.63) is 11.9 Å². The fourth-order valence-electron chi connectivity index (χ4n) is 2.38. The van der Waals surface area contributed by atoms with Gasteiger partial charge in [-0.25, -0.2) is 4.68 Å². The van der Waals surface area contributed by atoms with E-state index in [1.807, 2.05) is 10.9 Å². The Morgan fingerprint density at radius 3 is 2.71 bits per heavy atom. The van der Waals surface area contributed by atoms with Crippen molar-refractivity contribution in [2.75, 3.05) is 7.05 Å². The fraction of sp³-hybridized carbons (Fsp3) is 0.812. The summed E-state index contributed by atoms with van der Waals surface area (Å²) in [4.78, 5) is 11.7. The van der Waals surface area contributed by atoms with Crippen molar-refractivity contribution >= 4 is 5.91 Å². The lowest BCUT2D eigenvalue weighted by atomic mass is 9.90. The van der Waals surface area contributed by atoms with Gasteiger partial charge in [-0.1, -0.05) is 32.9 Å². The van der Waals surface area contributed by atoms with E-state index in [0.717, 1.165) is 38.6 Å². The second-order valence-electron chi connectivity index (χ2n) is 6.87. The first-order chi connectivity index (χ1) is 9.87. The molecular weight excluding hydrogens is 264 g/mol. The van der Waals surface area contributed by atoms with Gasteiger partial charge in [-0.2, -0.15) is 0 Å². The van der Waals surface area contributed by atoms with E-state index in [9.17, 15) is 4.79 Å². The van der Waals surface area contributed by atoms with E-state index in [1.54, 1.807) is 7.05 Å². The molecule has 1 unspecified atom stereocenters. The number of aromatic nitrogens is 3. The average molecular weight is 294 g/mol. The van der Waals surface area contributed by atoms with Crippen LogP contribution in [-0.4, -0.2) is 27.9 Å². The average Bonchev–Trinajstić information content (AvgIpc) is 2.87. The topological polar surface area (TPSA) is 59.8 Å². The molecule has 5 heteroatoms. The highest BCUT2D eigenvalue weighted by molar-refractivity contribution is 5.78. The van der Waals surface area contributed by atoms with Crippen LogP contribution in [0.5, 0.6) is 0 Å². The van der Waals surface area contributed by atoms with Crippen molar-refractivity contribution in [3.8, 4) is 0 Å². The summed E-state index contributed by atoms with van der Waals surface area (Å²) in [6, 6.07) is 0. The minimum atomic E-state index is 0.108. The summed E-state index contributed by atoms with van der Waals surface area (Å²) in [5.41, 5.74) is 1.51. The van der Waals surface area contributed by atoms with Crippen LogP contribution in [0, 0.1) is 11.3 Å². The number of aryl methyl sites for hydroxylation is 2. The van der Waals surface area contributed by atoms with E-state index in [0.29, 0.717) is 5.41 Å². The lowest BCUT2D eigenvalue weighted by molar-refractivity contribution is -0.124. The normalized spacial score (nSPS) is 13.2. The van der Waals surface area contributed by atoms with Gasteiger partial charge in [-0.15, -0.1) is 5.10 Å². The molecule has 0 saturated heterocycles. The van der Waals surface area contributed by atoms with E-state index in [1.165, 1.54) is 5.69 Å². The van der Waals surface area contributed by atoms with Gasteiger partial charge in [0, 0.05) is 19.5 Å². The predicted octanol–water partition coefficient (Wildman–Crippen LogP) is 2.81. The van der Waals surface area contributed by atoms with Gasteiger partial charge in [0.1, 0.15) is 0 Å². The molecule has 120 valence electrons. The molecule has 1 heterocycles. The molecule has 21 heavy (non-hydrogen) atoms. The van der Waals surface area contributed by atoms with Gasteiger partial charge in [0.05, 0.1) is 11.9 Å². The molecule has 1 rings (SSSR count). The van der Waals surface area contributed by atoms with Gasteiger partial charge < -0.3 is 5.32 Å². The second-order valence-corrected chi connectivity index (χ2v) is 6.87. The third kappa shape index (κ3) is 6.27. The summed E-state index contributed by atoms with van der Waals surface area (Å²) in [6.45, 7) is 9.64. The molecule has 1 amide bonds. The number of nitrogens with one attached hydrogen (secondary N) is 1. The highest BCUT2D eigenvalue weighted by atomic mass is 16.1. The van der Waals surface area contributed by atoms with Crippen LogP contribution in [-0.2, 0) is 17.8 Å². The monoisotopic (exact) mass is 294 g/mol. The van der Waals surface area contributed by atoms with E-state index in [-0.39, 0.29) is 11.8 Å². The lowest BCUT2D eigenvalue weighted by Gasteiger charge is -2.18. The predicted molar refractivity (Wildman–Crippen MR) is 84.9 cm³/mol. The number of hydrogen-bond donors (Lipinski definition) is 1. The van der Waals surface area contributed by atoms with Crippen molar-refractivity contribution in [1.82, 2.24) is 20.3 Å². The molecule has 0 aliphatic rings. The molecule has 0 fully saturated rings. The molecular formula is C16H30N4O. The first-order valence-electron chi connectivity index (χ1n) is 7.96. The maximum absolute atomic E-state index is 11.7. The molecule has 1 N–H and O–H groups in total. The minimum Gasteiger partial charge on any atom is -0.359 e. The molecule has 1 atom stereocenters. The first kappa shape index (κ1) is 17.7. The van der Waals surface area contributed by atoms with Gasteiger partial charge in [0.15, 0.2) is 0 Å². The molecule has 0 bridgehead atoms. The van der Waals surface area contributed by atoms with E-state index >= 15 is 0 Å². The summed E-state index contributed by atoms with van der Waals surface area (Å²) in [5, 5.41) is 10.9. The smallest absolute Gasteiger partial charge is 0.222 e. The van der Waals surface area contributed by atoms with Crippen LogP contribution in [0.15, 0.2) is 6.20 Å². The van der Waals surface area contributed by atoms with Crippen LogP contribution in [0.3, 0.4) is 0 Å². The zero-order valence-corrected chi connectivity index (χ0v) is 14.1. The molecule has 1 aromatic heterocycles. The van der Waals surface area contributed by atoms with Crippen molar-refractivity contribution in [3.63, 3.8) is 0 Å². The zero-order chi connectivity index (χ0) is 15.9. The van der Waals surface area contributed by atoms with E-state index in [2.05, 4.69) is 43.3 Å². The minimum absolute atomic E-state index is 0.108. The highest BCUT2D eigenvalue weighted by Gasteiger charge is 2.15. The Bertz CT molecular complexity index is 434. The molecule has 1 aromatic rings. The third-order valence-electron chi connectivity index (χ3n) is 3.86. The summed E-state index contributed by atoms with van der Waals surface area (Å²) in [5.74, 6) is 0.251.